The maximum atomic E-state index is 12.9. The van der Waals surface area contributed by atoms with Crippen molar-refractivity contribution >= 4 is 36.9 Å². The molecular formula is C15H19BrN2O2S. The molecule has 0 fully saturated rings. The van der Waals surface area contributed by atoms with Crippen LogP contribution in [0.3, 0.4) is 0 Å². The van der Waals surface area contributed by atoms with E-state index < -0.39 is 15.6 Å². The van der Waals surface area contributed by atoms with Gasteiger partial charge in [0.2, 0.25) is 10.0 Å². The second-order valence-electron chi connectivity index (χ2n) is 5.70. The standard InChI is InChI=1S/C15H19BrN2O2S/c1-11-7-8-13(12-6-5-9-17-14(11)12)21(19,20)18(4)15(2,3)10-16/h5-9H,10H2,1-4H3. The van der Waals surface area contributed by atoms with E-state index in [1.165, 1.54) is 4.31 Å². The molecule has 0 atom stereocenters. The predicted molar refractivity (Wildman–Crippen MR) is 89.3 cm³/mol. The molecular weight excluding hydrogens is 352 g/mol. The molecule has 0 unspecified atom stereocenters. The number of hydrogen-bond acceptors (Lipinski definition) is 3. The fourth-order valence-corrected chi connectivity index (χ4v) is 4.30. The van der Waals surface area contributed by atoms with E-state index in [0.717, 1.165) is 11.1 Å². The normalized spacial score (nSPS) is 13.0. The second kappa shape index (κ2) is 5.66. The zero-order valence-corrected chi connectivity index (χ0v) is 15.0. The van der Waals surface area contributed by atoms with E-state index in [1.807, 2.05) is 20.8 Å². The van der Waals surface area contributed by atoms with Crippen LogP contribution < -0.4 is 0 Å². The third-order valence-corrected chi connectivity index (χ3v) is 7.25. The summed E-state index contributed by atoms with van der Waals surface area (Å²) in [6.45, 7) is 5.69. The summed E-state index contributed by atoms with van der Waals surface area (Å²) in [5.74, 6) is 0. The van der Waals surface area contributed by atoms with Gasteiger partial charge in [0.05, 0.1) is 10.4 Å². The van der Waals surface area contributed by atoms with Crippen LogP contribution in [0.1, 0.15) is 19.4 Å². The van der Waals surface area contributed by atoms with Gasteiger partial charge in [-0.2, -0.15) is 4.31 Å². The molecule has 0 radical (unpaired) electrons. The van der Waals surface area contributed by atoms with Crippen molar-refractivity contribution in [2.45, 2.75) is 31.2 Å². The number of pyridine rings is 1. The molecule has 6 heteroatoms. The highest BCUT2D eigenvalue weighted by molar-refractivity contribution is 9.09. The highest BCUT2D eigenvalue weighted by Crippen LogP contribution is 2.30. The van der Waals surface area contributed by atoms with Crippen molar-refractivity contribution in [3.63, 3.8) is 0 Å². The van der Waals surface area contributed by atoms with Gasteiger partial charge in [0.15, 0.2) is 0 Å². The zero-order chi connectivity index (χ0) is 15.8. The molecule has 0 aliphatic carbocycles. The molecule has 1 aromatic heterocycles. The molecule has 0 saturated heterocycles. The molecule has 0 amide bonds. The zero-order valence-electron chi connectivity index (χ0n) is 12.6. The Labute approximate surface area is 134 Å². The fraction of sp³-hybridized carbons (Fsp3) is 0.400. The largest absolute Gasteiger partial charge is 0.256 e. The molecule has 0 saturated carbocycles. The minimum atomic E-state index is -3.59. The minimum Gasteiger partial charge on any atom is -0.256 e. The summed E-state index contributed by atoms with van der Waals surface area (Å²) in [4.78, 5) is 4.60. The van der Waals surface area contributed by atoms with Crippen molar-refractivity contribution in [2.24, 2.45) is 0 Å². The Morgan fingerprint density at radius 1 is 1.29 bits per heavy atom. The summed E-state index contributed by atoms with van der Waals surface area (Å²) >= 11 is 3.38. The number of alkyl halides is 1. The first kappa shape index (κ1) is 16.4. The molecule has 1 heterocycles. The molecule has 21 heavy (non-hydrogen) atoms. The average Bonchev–Trinajstić information content (AvgIpc) is 2.46. The van der Waals surface area contributed by atoms with Crippen molar-refractivity contribution in [1.29, 1.82) is 0 Å². The Morgan fingerprint density at radius 3 is 2.57 bits per heavy atom. The lowest BCUT2D eigenvalue weighted by Crippen LogP contribution is -2.46. The quantitative estimate of drug-likeness (QED) is 0.775. The highest BCUT2D eigenvalue weighted by atomic mass is 79.9. The van der Waals surface area contributed by atoms with Gasteiger partial charge in [0.1, 0.15) is 0 Å². The summed E-state index contributed by atoms with van der Waals surface area (Å²) in [5, 5.41) is 1.22. The van der Waals surface area contributed by atoms with Gasteiger partial charge in [-0.3, -0.25) is 4.98 Å². The maximum absolute atomic E-state index is 12.9. The molecule has 0 bridgehead atoms. The molecule has 0 aliphatic heterocycles. The number of hydrogen-bond donors (Lipinski definition) is 0. The highest BCUT2D eigenvalue weighted by Gasteiger charge is 2.34. The van der Waals surface area contributed by atoms with E-state index in [1.54, 1.807) is 37.5 Å². The maximum Gasteiger partial charge on any atom is 0.244 e. The van der Waals surface area contributed by atoms with Gasteiger partial charge < -0.3 is 0 Å². The van der Waals surface area contributed by atoms with Gasteiger partial charge >= 0.3 is 0 Å². The van der Waals surface area contributed by atoms with Crippen LogP contribution in [-0.4, -0.2) is 35.6 Å². The van der Waals surface area contributed by atoms with Crippen molar-refractivity contribution in [3.8, 4) is 0 Å². The number of fused-ring (bicyclic) bond motifs is 1. The lowest BCUT2D eigenvalue weighted by molar-refractivity contribution is 0.300. The van der Waals surface area contributed by atoms with Crippen molar-refractivity contribution in [1.82, 2.24) is 9.29 Å². The van der Waals surface area contributed by atoms with Crippen LogP contribution in [0.5, 0.6) is 0 Å². The van der Waals surface area contributed by atoms with Crippen LogP contribution in [0, 0.1) is 6.92 Å². The lowest BCUT2D eigenvalue weighted by atomic mass is 10.1. The van der Waals surface area contributed by atoms with Gasteiger partial charge in [0.25, 0.3) is 0 Å². The van der Waals surface area contributed by atoms with Crippen LogP contribution in [0.25, 0.3) is 10.9 Å². The molecule has 4 nitrogen and oxygen atoms in total. The SMILES string of the molecule is Cc1ccc(S(=O)(=O)N(C)C(C)(C)CBr)c2cccnc12. The summed E-state index contributed by atoms with van der Waals surface area (Å²) in [5.41, 5.74) is 1.17. The molecule has 2 rings (SSSR count). The Kier molecular flexibility index (Phi) is 4.42. The average molecular weight is 371 g/mol. The van der Waals surface area contributed by atoms with Crippen molar-refractivity contribution < 1.29 is 8.42 Å². The summed E-state index contributed by atoms with van der Waals surface area (Å²) < 4.78 is 27.3. The van der Waals surface area contributed by atoms with Gasteiger partial charge in [-0.05, 0) is 44.5 Å². The predicted octanol–water partition coefficient (Wildman–Crippen LogP) is 3.34. The Hall–Kier alpha value is -0.980. The third kappa shape index (κ3) is 2.84. The van der Waals surface area contributed by atoms with E-state index >= 15 is 0 Å². The molecule has 1 aromatic carbocycles. The fourth-order valence-electron chi connectivity index (χ4n) is 2.07. The first-order valence-electron chi connectivity index (χ1n) is 6.61. The smallest absolute Gasteiger partial charge is 0.244 e. The van der Waals surface area contributed by atoms with Gasteiger partial charge in [-0.25, -0.2) is 8.42 Å². The van der Waals surface area contributed by atoms with Gasteiger partial charge in [-0.1, -0.05) is 22.0 Å². The number of nitrogens with zero attached hydrogens (tertiary/aromatic N) is 2. The number of aryl methyl sites for hydroxylation is 1. The van der Waals surface area contributed by atoms with E-state index in [4.69, 9.17) is 0 Å². The minimum absolute atomic E-state index is 0.299. The number of halogens is 1. The second-order valence-corrected chi connectivity index (χ2v) is 8.20. The number of sulfonamides is 1. The Morgan fingerprint density at radius 2 is 1.95 bits per heavy atom. The molecule has 0 spiro atoms. The number of rotatable bonds is 4. The van der Waals surface area contributed by atoms with E-state index in [0.29, 0.717) is 15.6 Å². The Bertz CT molecular complexity index is 772. The monoisotopic (exact) mass is 370 g/mol. The number of aromatic nitrogens is 1. The summed E-state index contributed by atoms with van der Waals surface area (Å²) in [6.07, 6.45) is 1.68. The molecule has 114 valence electrons. The van der Waals surface area contributed by atoms with Gasteiger partial charge in [-0.15, -0.1) is 0 Å². The van der Waals surface area contributed by atoms with E-state index in [-0.39, 0.29) is 0 Å². The van der Waals surface area contributed by atoms with Gasteiger partial charge in [0, 0.05) is 29.5 Å². The van der Waals surface area contributed by atoms with E-state index in [2.05, 4.69) is 20.9 Å². The van der Waals surface area contributed by atoms with Crippen LogP contribution in [-0.2, 0) is 10.0 Å². The van der Waals surface area contributed by atoms with Crippen LogP contribution in [0.4, 0.5) is 0 Å². The first-order chi connectivity index (χ1) is 9.71. The summed E-state index contributed by atoms with van der Waals surface area (Å²) in [6, 6.07) is 7.03. The topological polar surface area (TPSA) is 50.3 Å². The van der Waals surface area contributed by atoms with Crippen LogP contribution >= 0.6 is 15.9 Å². The summed E-state index contributed by atoms with van der Waals surface area (Å²) in [7, 11) is -1.98. The first-order valence-corrected chi connectivity index (χ1v) is 9.17. The van der Waals surface area contributed by atoms with Crippen LogP contribution in [0.15, 0.2) is 35.4 Å². The molecule has 0 N–H and O–H groups in total. The van der Waals surface area contributed by atoms with Crippen molar-refractivity contribution in [3.05, 3.63) is 36.0 Å². The van der Waals surface area contributed by atoms with Crippen LogP contribution in [0.2, 0.25) is 0 Å². The lowest BCUT2D eigenvalue weighted by Gasteiger charge is -2.33. The van der Waals surface area contributed by atoms with Crippen molar-refractivity contribution in [2.75, 3.05) is 12.4 Å². The third-order valence-electron chi connectivity index (χ3n) is 3.75. The Balaban J connectivity index is 2.70. The molecule has 0 aliphatic rings. The van der Waals surface area contributed by atoms with E-state index in [9.17, 15) is 8.42 Å². The number of benzene rings is 1. The molecule has 2 aromatic rings.